The predicted octanol–water partition coefficient (Wildman–Crippen LogP) is 2.51. The van der Waals surface area contributed by atoms with Gasteiger partial charge in [0, 0.05) is 11.8 Å². The monoisotopic (exact) mass is 252 g/mol. The first-order chi connectivity index (χ1) is 9.43. The molecule has 0 amide bonds. The second-order valence-corrected chi connectivity index (χ2v) is 3.92. The third-order valence-electron chi connectivity index (χ3n) is 2.65. The third-order valence-corrected chi connectivity index (χ3v) is 2.65. The molecule has 0 radical (unpaired) electrons. The number of aromatic nitrogens is 3. The molecule has 1 aliphatic heterocycles. The Morgan fingerprint density at radius 2 is 1.79 bits per heavy atom. The first-order valence-electron chi connectivity index (χ1n) is 5.87. The zero-order chi connectivity index (χ0) is 12.9. The Bertz CT molecular complexity index is 675. The molecular formula is C14H12N4O. The fraction of sp³-hybridized carbons (Fsp3) is 0. The van der Waals surface area contributed by atoms with Gasteiger partial charge in [-0.15, -0.1) is 5.10 Å². The predicted molar refractivity (Wildman–Crippen MR) is 73.1 cm³/mol. The Kier molecular flexibility index (Phi) is 3.10. The van der Waals surface area contributed by atoms with Gasteiger partial charge in [0.25, 0.3) is 0 Å². The average Bonchev–Trinajstić information content (AvgIpc) is 2.96. The maximum atomic E-state index is 5.09. The van der Waals surface area contributed by atoms with Gasteiger partial charge in [0.05, 0.1) is 5.52 Å². The lowest BCUT2D eigenvalue weighted by molar-refractivity contribution is 0.239. The highest BCUT2D eigenvalue weighted by molar-refractivity contribution is 5.72. The molecular weight excluding hydrogens is 240 g/mol. The number of fused-ring (bicyclic) bond motifs is 2. The molecule has 4 rings (SSSR count). The first-order valence-corrected chi connectivity index (χ1v) is 5.87. The van der Waals surface area contributed by atoms with Gasteiger partial charge in [-0.2, -0.15) is 0 Å². The Hall–Kier alpha value is -2.82. The summed E-state index contributed by atoms with van der Waals surface area (Å²) in [6, 6.07) is 15.6. The number of hydroxylamine groups is 1. The number of hydrogen-bond acceptors (Lipinski definition) is 4. The summed E-state index contributed by atoms with van der Waals surface area (Å²) in [4.78, 5) is 5.09. The molecule has 0 saturated carbocycles. The van der Waals surface area contributed by atoms with E-state index >= 15 is 0 Å². The van der Waals surface area contributed by atoms with Gasteiger partial charge < -0.3 is 4.84 Å². The average molecular weight is 252 g/mol. The van der Waals surface area contributed by atoms with E-state index in [0.717, 1.165) is 22.3 Å². The molecule has 0 aliphatic carbocycles. The van der Waals surface area contributed by atoms with Crippen molar-refractivity contribution in [2.24, 2.45) is 0 Å². The Balaban J connectivity index is 0.000000117. The van der Waals surface area contributed by atoms with Gasteiger partial charge in [-0.25, -0.2) is 5.48 Å². The lowest BCUT2D eigenvalue weighted by Gasteiger charge is -2.11. The van der Waals surface area contributed by atoms with Crippen molar-refractivity contribution in [2.45, 2.75) is 0 Å². The second-order valence-electron chi connectivity index (χ2n) is 3.92. The van der Waals surface area contributed by atoms with E-state index in [2.05, 4.69) is 20.9 Å². The summed E-state index contributed by atoms with van der Waals surface area (Å²) >= 11 is 0. The molecule has 2 N–H and O–H groups in total. The highest BCUT2D eigenvalue weighted by atomic mass is 16.6. The Morgan fingerprint density at radius 3 is 2.68 bits per heavy atom. The summed E-state index contributed by atoms with van der Waals surface area (Å²) in [6.07, 6.45) is 3.74. The van der Waals surface area contributed by atoms with Gasteiger partial charge in [-0.05, 0) is 24.3 Å². The number of rotatable bonds is 0. The Morgan fingerprint density at radius 1 is 0.947 bits per heavy atom. The highest BCUT2D eigenvalue weighted by Crippen LogP contribution is 2.20. The normalized spacial score (nSPS) is 11.8. The van der Waals surface area contributed by atoms with Crippen molar-refractivity contribution in [3.8, 4) is 5.75 Å². The number of nitrogens with one attached hydrogen (secondary N) is 2. The molecule has 0 spiro atoms. The molecule has 2 heterocycles. The van der Waals surface area contributed by atoms with Crippen molar-refractivity contribution in [3.05, 3.63) is 60.3 Å². The van der Waals surface area contributed by atoms with E-state index in [0.29, 0.717) is 0 Å². The lowest BCUT2D eigenvalue weighted by atomic mass is 10.2. The summed E-state index contributed by atoms with van der Waals surface area (Å²) in [5.41, 5.74) is 5.67. The van der Waals surface area contributed by atoms with Crippen LogP contribution in [0.5, 0.6) is 5.75 Å². The molecule has 0 saturated heterocycles. The largest absolute Gasteiger partial charge is 0.382 e. The smallest absolute Gasteiger partial charge is 0.162 e. The van der Waals surface area contributed by atoms with E-state index in [9.17, 15) is 0 Å². The van der Waals surface area contributed by atoms with E-state index < -0.39 is 0 Å². The van der Waals surface area contributed by atoms with E-state index in [1.807, 2.05) is 54.6 Å². The molecule has 19 heavy (non-hydrogen) atoms. The maximum absolute atomic E-state index is 5.09. The van der Waals surface area contributed by atoms with E-state index in [4.69, 9.17) is 4.84 Å². The molecule has 3 aromatic rings. The lowest BCUT2D eigenvalue weighted by Crippen LogP contribution is -2.13. The maximum Gasteiger partial charge on any atom is 0.162 e. The zero-order valence-corrected chi connectivity index (χ0v) is 10.1. The third kappa shape index (κ3) is 2.55. The molecule has 1 aromatic heterocycles. The standard InChI is InChI=1S/C8H7NO.C6H5N3/c1-2-4-8-7(3-1)5-6-9-10-8;1-2-4-6-5(3-1)7-9-8-6/h1-6,9H;1-4H,(H,7,8,9). The van der Waals surface area contributed by atoms with Crippen LogP contribution in [0.4, 0.5) is 0 Å². The van der Waals surface area contributed by atoms with Crippen molar-refractivity contribution in [1.29, 1.82) is 0 Å². The molecule has 0 bridgehead atoms. The number of nitrogens with zero attached hydrogens (tertiary/aromatic N) is 2. The zero-order valence-electron chi connectivity index (χ0n) is 10.1. The SMILES string of the molecule is C1=Cc2ccccc2ON1.c1ccc2[nH]nnc2c1. The highest BCUT2D eigenvalue weighted by Gasteiger charge is 2.01. The minimum Gasteiger partial charge on any atom is -0.382 e. The van der Waals surface area contributed by atoms with Gasteiger partial charge in [0.2, 0.25) is 0 Å². The fourth-order valence-electron chi connectivity index (χ4n) is 1.72. The van der Waals surface area contributed by atoms with Gasteiger partial charge in [-0.3, -0.25) is 5.10 Å². The number of H-pyrrole nitrogens is 1. The number of aromatic amines is 1. The first kappa shape index (κ1) is 11.3. The van der Waals surface area contributed by atoms with Crippen LogP contribution in [0, 0.1) is 0 Å². The summed E-state index contributed by atoms with van der Waals surface area (Å²) in [5, 5.41) is 10.2. The van der Waals surface area contributed by atoms with E-state index in [1.165, 1.54) is 0 Å². The second kappa shape index (κ2) is 5.22. The summed E-state index contributed by atoms with van der Waals surface area (Å²) < 4.78 is 0. The molecule has 5 heteroatoms. The van der Waals surface area contributed by atoms with Crippen LogP contribution < -0.4 is 10.3 Å². The van der Waals surface area contributed by atoms with Crippen LogP contribution in [0.15, 0.2) is 54.7 Å². The van der Waals surface area contributed by atoms with Crippen LogP contribution in [0.2, 0.25) is 0 Å². The van der Waals surface area contributed by atoms with Gasteiger partial charge >= 0.3 is 0 Å². The fourth-order valence-corrected chi connectivity index (χ4v) is 1.72. The number of benzene rings is 2. The summed E-state index contributed by atoms with van der Waals surface area (Å²) in [5.74, 6) is 0.880. The number of para-hydroxylation sites is 2. The van der Waals surface area contributed by atoms with E-state index in [-0.39, 0.29) is 0 Å². The molecule has 5 nitrogen and oxygen atoms in total. The van der Waals surface area contributed by atoms with Crippen LogP contribution in [0.1, 0.15) is 5.56 Å². The van der Waals surface area contributed by atoms with Gasteiger partial charge in [-0.1, -0.05) is 35.5 Å². The summed E-state index contributed by atoms with van der Waals surface area (Å²) in [7, 11) is 0. The molecule has 94 valence electrons. The topological polar surface area (TPSA) is 62.8 Å². The Labute approximate surface area is 109 Å². The molecule has 2 aromatic carbocycles. The van der Waals surface area contributed by atoms with Crippen LogP contribution in [0.3, 0.4) is 0 Å². The van der Waals surface area contributed by atoms with Crippen LogP contribution in [-0.2, 0) is 0 Å². The minimum absolute atomic E-state index is 0.880. The van der Waals surface area contributed by atoms with Crippen molar-refractivity contribution >= 4 is 17.1 Å². The molecule has 0 fully saturated rings. The van der Waals surface area contributed by atoms with Crippen LogP contribution >= 0.6 is 0 Å². The summed E-state index contributed by atoms with van der Waals surface area (Å²) in [6.45, 7) is 0. The van der Waals surface area contributed by atoms with Gasteiger partial charge in [0.1, 0.15) is 5.52 Å². The molecule has 0 unspecified atom stereocenters. The van der Waals surface area contributed by atoms with Crippen molar-refractivity contribution in [3.63, 3.8) is 0 Å². The molecule has 0 atom stereocenters. The quantitative estimate of drug-likeness (QED) is 0.645. The van der Waals surface area contributed by atoms with Gasteiger partial charge in [0.15, 0.2) is 5.75 Å². The van der Waals surface area contributed by atoms with Crippen LogP contribution in [0.25, 0.3) is 17.1 Å². The minimum atomic E-state index is 0.880. The number of hydrogen-bond donors (Lipinski definition) is 2. The van der Waals surface area contributed by atoms with Crippen LogP contribution in [-0.4, -0.2) is 15.4 Å². The molecule has 1 aliphatic rings. The van der Waals surface area contributed by atoms with Crippen molar-refractivity contribution in [1.82, 2.24) is 20.9 Å². The van der Waals surface area contributed by atoms with E-state index in [1.54, 1.807) is 6.20 Å². The van der Waals surface area contributed by atoms with Crippen molar-refractivity contribution < 1.29 is 4.84 Å². The van der Waals surface area contributed by atoms with Crippen molar-refractivity contribution in [2.75, 3.05) is 0 Å².